The molecule has 1 aliphatic heterocycles. The van der Waals surface area contributed by atoms with Crippen molar-refractivity contribution in [3.8, 4) is 0 Å². The van der Waals surface area contributed by atoms with Crippen LogP contribution >= 0.6 is 11.3 Å². The van der Waals surface area contributed by atoms with Crippen LogP contribution in [0.5, 0.6) is 0 Å². The minimum atomic E-state index is -3.08. The maximum atomic E-state index is 12.0. The monoisotopic (exact) mass is 345 g/mol. The van der Waals surface area contributed by atoms with Crippen LogP contribution in [-0.2, 0) is 10.0 Å². The molecule has 0 saturated carbocycles. The van der Waals surface area contributed by atoms with Crippen LogP contribution in [0.3, 0.4) is 0 Å². The minimum absolute atomic E-state index is 0.0424. The Hall–Kier alpha value is -0.960. The van der Waals surface area contributed by atoms with Crippen molar-refractivity contribution in [2.45, 2.75) is 13.3 Å². The predicted molar refractivity (Wildman–Crippen MR) is 88.7 cm³/mol. The summed E-state index contributed by atoms with van der Waals surface area (Å²) in [4.78, 5) is 14.7. The van der Waals surface area contributed by atoms with Gasteiger partial charge in [-0.2, -0.15) is 4.31 Å². The Kier molecular flexibility index (Phi) is 6.37. The van der Waals surface area contributed by atoms with E-state index in [0.717, 1.165) is 24.5 Å². The number of carbonyl (C=O) groups excluding carboxylic acids is 1. The summed E-state index contributed by atoms with van der Waals surface area (Å²) in [6.45, 7) is 5.74. The Balaban J connectivity index is 1.69. The molecule has 1 N–H and O–H groups in total. The van der Waals surface area contributed by atoms with E-state index in [1.165, 1.54) is 11.3 Å². The smallest absolute Gasteiger partial charge is 0.261 e. The molecule has 1 aliphatic rings. The molecule has 0 aliphatic carbocycles. The second-order valence-electron chi connectivity index (χ2n) is 5.29. The van der Waals surface area contributed by atoms with Crippen molar-refractivity contribution in [1.29, 1.82) is 0 Å². The number of nitrogens with one attached hydrogen (secondary N) is 1. The second-order valence-corrected chi connectivity index (χ2v) is 8.33. The van der Waals surface area contributed by atoms with Crippen molar-refractivity contribution in [2.24, 2.45) is 0 Å². The van der Waals surface area contributed by atoms with Gasteiger partial charge in [-0.05, 0) is 17.9 Å². The Bertz CT molecular complexity index is 564. The minimum Gasteiger partial charge on any atom is -0.350 e. The number of thiophene rings is 1. The highest BCUT2D eigenvalue weighted by Gasteiger charge is 2.25. The van der Waals surface area contributed by atoms with Gasteiger partial charge < -0.3 is 5.32 Å². The lowest BCUT2D eigenvalue weighted by Crippen LogP contribution is -2.50. The molecule has 2 heterocycles. The first-order chi connectivity index (χ1) is 10.5. The zero-order chi connectivity index (χ0) is 16.0. The number of nitrogens with zero attached hydrogens (tertiary/aromatic N) is 2. The number of carbonyl (C=O) groups is 1. The fraction of sp³-hybridized carbons (Fsp3) is 0.643. The topological polar surface area (TPSA) is 69.7 Å². The quantitative estimate of drug-likeness (QED) is 0.795. The van der Waals surface area contributed by atoms with Crippen molar-refractivity contribution in [3.05, 3.63) is 22.4 Å². The van der Waals surface area contributed by atoms with Crippen molar-refractivity contribution in [1.82, 2.24) is 14.5 Å². The van der Waals surface area contributed by atoms with Crippen LogP contribution in [-0.4, -0.2) is 68.6 Å². The van der Waals surface area contributed by atoms with Gasteiger partial charge in [0.05, 0.1) is 10.6 Å². The first kappa shape index (κ1) is 17.4. The van der Waals surface area contributed by atoms with Crippen molar-refractivity contribution in [2.75, 3.05) is 45.0 Å². The van der Waals surface area contributed by atoms with Gasteiger partial charge in [0, 0.05) is 39.3 Å². The normalized spacial score (nSPS) is 17.5. The molecule has 0 aromatic carbocycles. The molecular weight excluding hydrogens is 322 g/mol. The summed E-state index contributed by atoms with van der Waals surface area (Å²) in [5.74, 6) is 0.184. The van der Waals surface area contributed by atoms with Crippen LogP contribution in [0, 0.1) is 0 Å². The standard InChI is InChI=1S/C14H23N3O3S2/c1-2-12-22(19,20)17-9-7-16(8-10-17)6-5-15-14(18)13-4-3-11-21-13/h3-4,11H,2,5-10,12H2,1H3,(H,15,18). The van der Waals surface area contributed by atoms with E-state index in [1.807, 2.05) is 18.4 Å². The average molecular weight is 345 g/mol. The van der Waals surface area contributed by atoms with E-state index < -0.39 is 10.0 Å². The molecule has 0 radical (unpaired) electrons. The summed E-state index contributed by atoms with van der Waals surface area (Å²) < 4.78 is 25.5. The van der Waals surface area contributed by atoms with Crippen molar-refractivity contribution in [3.63, 3.8) is 0 Å². The lowest BCUT2D eigenvalue weighted by Gasteiger charge is -2.33. The van der Waals surface area contributed by atoms with E-state index in [9.17, 15) is 13.2 Å². The summed E-state index contributed by atoms with van der Waals surface area (Å²) in [6.07, 6.45) is 0.650. The fourth-order valence-corrected chi connectivity index (χ4v) is 4.57. The highest BCUT2D eigenvalue weighted by atomic mass is 32.2. The third-order valence-electron chi connectivity index (χ3n) is 3.65. The average Bonchev–Trinajstić information content (AvgIpc) is 3.02. The summed E-state index contributed by atoms with van der Waals surface area (Å²) in [5.41, 5.74) is 0. The number of rotatable bonds is 7. The van der Waals surface area contributed by atoms with Gasteiger partial charge in [-0.1, -0.05) is 13.0 Å². The van der Waals surface area contributed by atoms with Gasteiger partial charge in [0.15, 0.2) is 0 Å². The largest absolute Gasteiger partial charge is 0.350 e. The molecule has 0 bridgehead atoms. The Morgan fingerprint density at radius 3 is 2.64 bits per heavy atom. The van der Waals surface area contributed by atoms with E-state index in [1.54, 1.807) is 10.4 Å². The number of hydrogen-bond acceptors (Lipinski definition) is 5. The summed E-state index contributed by atoms with van der Waals surface area (Å²) in [7, 11) is -3.08. The number of piperazine rings is 1. The van der Waals surface area contributed by atoms with Crippen LogP contribution in [0.1, 0.15) is 23.0 Å². The van der Waals surface area contributed by atoms with Crippen molar-refractivity contribution < 1.29 is 13.2 Å². The lowest BCUT2D eigenvalue weighted by molar-refractivity contribution is 0.0949. The molecule has 2 rings (SSSR count). The molecule has 0 spiro atoms. The van der Waals surface area contributed by atoms with E-state index in [0.29, 0.717) is 26.1 Å². The van der Waals surface area contributed by atoms with Gasteiger partial charge in [0.1, 0.15) is 0 Å². The van der Waals surface area contributed by atoms with E-state index in [4.69, 9.17) is 0 Å². The van der Waals surface area contributed by atoms with Gasteiger partial charge in [0.25, 0.3) is 5.91 Å². The molecule has 22 heavy (non-hydrogen) atoms. The van der Waals surface area contributed by atoms with E-state index >= 15 is 0 Å². The summed E-state index contributed by atoms with van der Waals surface area (Å²) >= 11 is 1.43. The van der Waals surface area contributed by atoms with Gasteiger partial charge in [0.2, 0.25) is 10.0 Å². The molecule has 1 aromatic heterocycles. The number of sulfonamides is 1. The first-order valence-electron chi connectivity index (χ1n) is 7.55. The third-order valence-corrected chi connectivity index (χ3v) is 6.59. The molecule has 1 aromatic rings. The first-order valence-corrected chi connectivity index (χ1v) is 10.0. The Morgan fingerprint density at radius 2 is 2.05 bits per heavy atom. The van der Waals surface area contributed by atoms with E-state index in [-0.39, 0.29) is 11.7 Å². The van der Waals surface area contributed by atoms with Gasteiger partial charge >= 0.3 is 0 Å². The predicted octanol–water partition coefficient (Wildman–Crippen LogP) is 0.835. The molecule has 124 valence electrons. The highest BCUT2D eigenvalue weighted by molar-refractivity contribution is 7.89. The van der Waals surface area contributed by atoms with Crippen molar-refractivity contribution >= 4 is 27.3 Å². The van der Waals surface area contributed by atoms with Gasteiger partial charge in [-0.3, -0.25) is 9.69 Å². The van der Waals surface area contributed by atoms with Gasteiger partial charge in [-0.15, -0.1) is 11.3 Å². The molecule has 1 fully saturated rings. The molecule has 1 amide bonds. The Morgan fingerprint density at radius 1 is 1.32 bits per heavy atom. The van der Waals surface area contributed by atoms with Gasteiger partial charge in [-0.25, -0.2) is 8.42 Å². The third kappa shape index (κ3) is 4.77. The lowest BCUT2D eigenvalue weighted by atomic mass is 10.3. The molecular formula is C14H23N3O3S2. The van der Waals surface area contributed by atoms with Crippen LogP contribution in [0.15, 0.2) is 17.5 Å². The highest BCUT2D eigenvalue weighted by Crippen LogP contribution is 2.09. The maximum absolute atomic E-state index is 12.0. The van der Waals surface area contributed by atoms with Crippen LogP contribution in [0.4, 0.5) is 0 Å². The molecule has 1 saturated heterocycles. The van der Waals surface area contributed by atoms with Crippen LogP contribution in [0.25, 0.3) is 0 Å². The molecule has 8 heteroatoms. The number of hydrogen-bond donors (Lipinski definition) is 1. The molecule has 0 unspecified atom stereocenters. The Labute approximate surface area is 136 Å². The second kappa shape index (κ2) is 8.05. The molecule has 6 nitrogen and oxygen atoms in total. The van der Waals surface area contributed by atoms with E-state index in [2.05, 4.69) is 10.2 Å². The zero-order valence-electron chi connectivity index (χ0n) is 12.8. The molecule has 0 atom stereocenters. The summed E-state index contributed by atoms with van der Waals surface area (Å²) in [6, 6.07) is 3.66. The zero-order valence-corrected chi connectivity index (χ0v) is 14.5. The van der Waals surface area contributed by atoms with Crippen LogP contribution in [0.2, 0.25) is 0 Å². The fourth-order valence-electron chi connectivity index (χ4n) is 2.44. The number of amides is 1. The maximum Gasteiger partial charge on any atom is 0.261 e. The SMILES string of the molecule is CCCS(=O)(=O)N1CCN(CCNC(=O)c2cccs2)CC1. The van der Waals surface area contributed by atoms with Crippen LogP contribution < -0.4 is 5.32 Å². The summed E-state index contributed by atoms with van der Waals surface area (Å²) in [5, 5.41) is 4.77.